The summed E-state index contributed by atoms with van der Waals surface area (Å²) in [5, 5.41) is 3.33. The molecule has 19 heavy (non-hydrogen) atoms. The van der Waals surface area contributed by atoms with E-state index in [1.807, 2.05) is 18.2 Å². The lowest BCUT2D eigenvalue weighted by Gasteiger charge is -2.08. The van der Waals surface area contributed by atoms with Gasteiger partial charge < -0.3 is 9.88 Å². The van der Waals surface area contributed by atoms with Gasteiger partial charge in [-0.15, -0.1) is 0 Å². The second-order valence-corrected chi connectivity index (χ2v) is 5.94. The molecule has 100 valence electrons. The van der Waals surface area contributed by atoms with E-state index in [4.69, 9.17) is 0 Å². The lowest BCUT2D eigenvalue weighted by Crippen LogP contribution is -2.26. The molecule has 0 aliphatic heterocycles. The fourth-order valence-electron chi connectivity index (χ4n) is 1.76. The molecule has 0 saturated carbocycles. The first-order valence-corrected chi connectivity index (χ1v) is 7.55. The number of nitrogens with zero attached hydrogens (tertiary/aromatic N) is 1. The van der Waals surface area contributed by atoms with Crippen molar-refractivity contribution in [2.75, 3.05) is 6.54 Å². The lowest BCUT2D eigenvalue weighted by molar-refractivity contribution is 0.583. The Morgan fingerprint density at radius 2 is 1.89 bits per heavy atom. The number of benzene rings is 1. The number of pyridine rings is 1. The molecule has 3 nitrogen and oxygen atoms in total. The molecule has 0 saturated heterocycles. The minimum absolute atomic E-state index is 0.00953. The van der Waals surface area contributed by atoms with Crippen LogP contribution in [-0.4, -0.2) is 11.1 Å². The zero-order chi connectivity index (χ0) is 13.7. The summed E-state index contributed by atoms with van der Waals surface area (Å²) in [6.45, 7) is 2.20. The molecule has 0 fully saturated rings. The van der Waals surface area contributed by atoms with Crippen molar-refractivity contribution in [2.45, 2.75) is 13.1 Å². The van der Waals surface area contributed by atoms with Gasteiger partial charge in [0, 0.05) is 30.3 Å². The lowest BCUT2D eigenvalue weighted by atomic mass is 10.2. The highest BCUT2D eigenvalue weighted by Gasteiger charge is 2.02. The van der Waals surface area contributed by atoms with Crippen LogP contribution in [0.1, 0.15) is 5.56 Å². The summed E-state index contributed by atoms with van der Waals surface area (Å²) < 4.78 is 3.15. The van der Waals surface area contributed by atoms with Gasteiger partial charge in [-0.25, -0.2) is 0 Å². The molecule has 0 spiro atoms. The van der Waals surface area contributed by atoms with Crippen molar-refractivity contribution in [3.05, 3.63) is 67.5 Å². The molecular weight excluding hydrogens is 372 g/mol. The van der Waals surface area contributed by atoms with Crippen molar-refractivity contribution < 1.29 is 0 Å². The normalized spacial score (nSPS) is 10.6. The van der Waals surface area contributed by atoms with E-state index in [2.05, 4.69) is 49.3 Å². The second-order valence-electron chi connectivity index (χ2n) is 4.17. The maximum atomic E-state index is 11.9. The van der Waals surface area contributed by atoms with E-state index in [-0.39, 0.29) is 5.56 Å². The molecular formula is C14H14Br2N2O. The Hall–Kier alpha value is -0.910. The predicted octanol–water partition coefficient (Wildman–Crippen LogP) is 3.16. The van der Waals surface area contributed by atoms with Gasteiger partial charge in [-0.2, -0.15) is 0 Å². The summed E-state index contributed by atoms with van der Waals surface area (Å²) in [6.07, 6.45) is 1.80. The molecule has 1 N–H and O–H groups in total. The van der Waals surface area contributed by atoms with Crippen LogP contribution in [0.5, 0.6) is 0 Å². The zero-order valence-corrected chi connectivity index (χ0v) is 13.4. The number of halogens is 2. The third kappa shape index (κ3) is 4.30. The van der Waals surface area contributed by atoms with Crippen LogP contribution in [0.15, 0.2) is 56.3 Å². The van der Waals surface area contributed by atoms with Crippen molar-refractivity contribution in [1.29, 1.82) is 0 Å². The third-order valence-corrected chi connectivity index (χ3v) is 3.71. The quantitative estimate of drug-likeness (QED) is 0.802. The molecule has 1 aromatic heterocycles. The maximum absolute atomic E-state index is 11.9. The highest BCUT2D eigenvalue weighted by molar-refractivity contribution is 9.11. The van der Waals surface area contributed by atoms with Gasteiger partial charge in [0.05, 0.1) is 4.47 Å². The Morgan fingerprint density at radius 1 is 1.16 bits per heavy atom. The van der Waals surface area contributed by atoms with Crippen LogP contribution < -0.4 is 10.9 Å². The van der Waals surface area contributed by atoms with Crippen molar-refractivity contribution in [3.8, 4) is 0 Å². The fraction of sp³-hybridized carbons (Fsp3) is 0.214. The van der Waals surface area contributed by atoms with Gasteiger partial charge in [0.1, 0.15) is 0 Å². The largest absolute Gasteiger partial charge is 0.312 e. The third-order valence-electron chi connectivity index (χ3n) is 2.71. The van der Waals surface area contributed by atoms with Crippen molar-refractivity contribution in [3.63, 3.8) is 0 Å². The first-order chi connectivity index (χ1) is 9.16. The first kappa shape index (κ1) is 14.5. The number of hydrogen-bond donors (Lipinski definition) is 1. The minimum Gasteiger partial charge on any atom is -0.312 e. The molecule has 0 bridgehead atoms. The summed E-state index contributed by atoms with van der Waals surface area (Å²) in [4.78, 5) is 11.9. The van der Waals surface area contributed by atoms with Crippen molar-refractivity contribution >= 4 is 31.9 Å². The number of hydrogen-bond acceptors (Lipinski definition) is 2. The highest BCUT2D eigenvalue weighted by atomic mass is 79.9. The topological polar surface area (TPSA) is 34.0 Å². The fourth-order valence-corrected chi connectivity index (χ4v) is 3.02. The maximum Gasteiger partial charge on any atom is 0.264 e. The monoisotopic (exact) mass is 384 g/mol. The van der Waals surface area contributed by atoms with Crippen LogP contribution in [0.2, 0.25) is 0 Å². The van der Waals surface area contributed by atoms with Gasteiger partial charge in [0.2, 0.25) is 0 Å². The first-order valence-electron chi connectivity index (χ1n) is 5.97. The average molecular weight is 386 g/mol. The SMILES string of the molecule is O=c1c(Br)cc(Br)cn1CCNCc1ccccc1. The van der Waals surface area contributed by atoms with E-state index in [0.717, 1.165) is 17.6 Å². The second kappa shape index (κ2) is 7.03. The molecule has 5 heteroatoms. The minimum atomic E-state index is -0.00953. The summed E-state index contributed by atoms with van der Waals surface area (Å²) in [5.41, 5.74) is 1.23. The van der Waals surface area contributed by atoms with Crippen LogP contribution >= 0.6 is 31.9 Å². The van der Waals surface area contributed by atoms with Gasteiger partial charge in [-0.1, -0.05) is 30.3 Å². The van der Waals surface area contributed by atoms with E-state index in [1.54, 1.807) is 16.8 Å². The molecule has 0 atom stereocenters. The van der Waals surface area contributed by atoms with E-state index in [0.29, 0.717) is 11.0 Å². The van der Waals surface area contributed by atoms with Crippen LogP contribution in [0.4, 0.5) is 0 Å². The smallest absolute Gasteiger partial charge is 0.264 e. The van der Waals surface area contributed by atoms with Gasteiger partial charge in [-0.3, -0.25) is 4.79 Å². The van der Waals surface area contributed by atoms with Crippen molar-refractivity contribution in [2.24, 2.45) is 0 Å². The Balaban J connectivity index is 1.88. The Labute approximate surface area is 128 Å². The zero-order valence-electron chi connectivity index (χ0n) is 10.3. The Morgan fingerprint density at radius 3 is 2.63 bits per heavy atom. The molecule has 1 heterocycles. The highest BCUT2D eigenvalue weighted by Crippen LogP contribution is 2.12. The van der Waals surface area contributed by atoms with Gasteiger partial charge in [0.25, 0.3) is 5.56 Å². The van der Waals surface area contributed by atoms with Crippen LogP contribution in [0, 0.1) is 0 Å². The van der Waals surface area contributed by atoms with Gasteiger partial charge in [-0.05, 0) is 43.5 Å². The summed E-state index contributed by atoms with van der Waals surface area (Å²) in [5.74, 6) is 0. The summed E-state index contributed by atoms with van der Waals surface area (Å²) in [6, 6.07) is 12.0. The standard InChI is InChI=1S/C14H14Br2N2O/c15-12-8-13(16)14(19)18(10-12)7-6-17-9-11-4-2-1-3-5-11/h1-5,8,10,17H,6-7,9H2. The van der Waals surface area contributed by atoms with Crippen LogP contribution in [-0.2, 0) is 13.1 Å². The molecule has 0 aliphatic rings. The van der Waals surface area contributed by atoms with E-state index in [9.17, 15) is 4.79 Å². The summed E-state index contributed by atoms with van der Waals surface area (Å²) in [7, 11) is 0. The van der Waals surface area contributed by atoms with Crippen LogP contribution in [0.25, 0.3) is 0 Å². The average Bonchev–Trinajstić information content (AvgIpc) is 2.41. The summed E-state index contributed by atoms with van der Waals surface area (Å²) >= 11 is 6.64. The molecule has 0 unspecified atom stereocenters. The number of nitrogens with one attached hydrogen (secondary N) is 1. The molecule has 2 rings (SSSR count). The Kier molecular flexibility index (Phi) is 5.36. The molecule has 0 radical (unpaired) electrons. The number of aromatic nitrogens is 1. The van der Waals surface area contributed by atoms with Crippen molar-refractivity contribution in [1.82, 2.24) is 9.88 Å². The number of rotatable bonds is 5. The van der Waals surface area contributed by atoms with E-state index < -0.39 is 0 Å². The predicted molar refractivity (Wildman–Crippen MR) is 84.3 cm³/mol. The molecule has 0 aliphatic carbocycles. The Bertz CT molecular complexity index is 596. The van der Waals surface area contributed by atoms with Crippen LogP contribution in [0.3, 0.4) is 0 Å². The molecule has 0 amide bonds. The van der Waals surface area contributed by atoms with E-state index in [1.165, 1.54) is 5.56 Å². The van der Waals surface area contributed by atoms with Gasteiger partial charge in [0.15, 0.2) is 0 Å². The van der Waals surface area contributed by atoms with Gasteiger partial charge >= 0.3 is 0 Å². The molecule has 2 aromatic rings. The van der Waals surface area contributed by atoms with E-state index >= 15 is 0 Å². The molecule has 1 aromatic carbocycles.